The number of fused-ring (bicyclic) bond motifs is 1. The fourth-order valence-electron chi connectivity index (χ4n) is 2.35. The quantitative estimate of drug-likeness (QED) is 0.870. The molecule has 1 aromatic heterocycles. The van der Waals surface area contributed by atoms with Crippen LogP contribution in [-0.4, -0.2) is 27.3 Å². The van der Waals surface area contributed by atoms with Crippen molar-refractivity contribution in [1.29, 1.82) is 0 Å². The van der Waals surface area contributed by atoms with Crippen molar-refractivity contribution in [3.63, 3.8) is 0 Å². The molecular weight excluding hydrogens is 262 g/mol. The fourth-order valence-corrected chi connectivity index (χ4v) is 2.46. The van der Waals surface area contributed by atoms with E-state index in [4.69, 9.17) is 11.6 Å². The van der Waals surface area contributed by atoms with Gasteiger partial charge in [0, 0.05) is 23.6 Å². The monoisotopic (exact) mass is 275 g/mol. The molecule has 0 saturated carbocycles. The maximum atomic E-state index is 12.4. The third-order valence-corrected chi connectivity index (χ3v) is 3.89. The van der Waals surface area contributed by atoms with Crippen molar-refractivity contribution in [3.05, 3.63) is 52.1 Å². The number of aryl methyl sites for hydroxylation is 1. The maximum absolute atomic E-state index is 12.4. The van der Waals surface area contributed by atoms with Gasteiger partial charge in [0.05, 0.1) is 24.3 Å². The summed E-state index contributed by atoms with van der Waals surface area (Å²) in [5, 5.41) is 0.686. The Labute approximate surface area is 116 Å². The fraction of sp³-hybridized carbons (Fsp3) is 0.286. The Kier molecular flexibility index (Phi) is 3.03. The van der Waals surface area contributed by atoms with E-state index in [1.54, 1.807) is 18.5 Å². The van der Waals surface area contributed by atoms with Gasteiger partial charge in [0.1, 0.15) is 0 Å². The second kappa shape index (κ2) is 4.70. The van der Waals surface area contributed by atoms with Gasteiger partial charge in [-0.2, -0.15) is 0 Å². The molecule has 0 atom stereocenters. The van der Waals surface area contributed by atoms with Gasteiger partial charge in [0.2, 0.25) is 0 Å². The molecule has 0 fully saturated rings. The van der Waals surface area contributed by atoms with Gasteiger partial charge in [0.15, 0.2) is 0 Å². The number of hydrogen-bond acceptors (Lipinski definition) is 2. The zero-order valence-corrected chi connectivity index (χ0v) is 11.4. The summed E-state index contributed by atoms with van der Waals surface area (Å²) < 4.78 is 0. The molecule has 0 radical (unpaired) electrons. The van der Waals surface area contributed by atoms with E-state index in [1.165, 1.54) is 0 Å². The van der Waals surface area contributed by atoms with E-state index in [0.717, 1.165) is 23.4 Å². The standard InChI is InChI=1S/C14H14ClN3O/c1-9-6-10(2-3-11(9)15)14(19)18-5-4-12-13(7-18)17-8-16-12/h2-3,6,8H,4-5,7H2,1H3,(H,16,17). The lowest BCUT2D eigenvalue weighted by atomic mass is 10.1. The first-order valence-electron chi connectivity index (χ1n) is 6.21. The molecule has 0 aliphatic carbocycles. The molecule has 4 nitrogen and oxygen atoms in total. The number of nitrogens with zero attached hydrogens (tertiary/aromatic N) is 2. The summed E-state index contributed by atoms with van der Waals surface area (Å²) in [4.78, 5) is 21.6. The summed E-state index contributed by atoms with van der Waals surface area (Å²) in [6.45, 7) is 3.20. The van der Waals surface area contributed by atoms with E-state index in [-0.39, 0.29) is 5.91 Å². The van der Waals surface area contributed by atoms with Crippen LogP contribution in [0.4, 0.5) is 0 Å². The molecule has 1 amide bonds. The van der Waals surface area contributed by atoms with Gasteiger partial charge < -0.3 is 9.88 Å². The highest BCUT2D eigenvalue weighted by Gasteiger charge is 2.23. The van der Waals surface area contributed by atoms with Crippen molar-refractivity contribution < 1.29 is 4.79 Å². The van der Waals surface area contributed by atoms with Crippen LogP contribution in [0.25, 0.3) is 0 Å². The number of halogens is 1. The molecule has 0 unspecified atom stereocenters. The van der Waals surface area contributed by atoms with E-state index in [9.17, 15) is 4.79 Å². The number of aromatic nitrogens is 2. The van der Waals surface area contributed by atoms with Crippen LogP contribution in [0.1, 0.15) is 27.3 Å². The average Bonchev–Trinajstić information content (AvgIpc) is 2.88. The van der Waals surface area contributed by atoms with Gasteiger partial charge in [0.25, 0.3) is 5.91 Å². The van der Waals surface area contributed by atoms with Crippen molar-refractivity contribution in [3.8, 4) is 0 Å². The first-order chi connectivity index (χ1) is 9.15. The number of hydrogen-bond donors (Lipinski definition) is 1. The Hall–Kier alpha value is -1.81. The molecule has 1 aliphatic rings. The Balaban J connectivity index is 1.83. The lowest BCUT2D eigenvalue weighted by Crippen LogP contribution is -2.36. The van der Waals surface area contributed by atoms with Crippen molar-refractivity contribution in [2.24, 2.45) is 0 Å². The Morgan fingerprint density at radius 3 is 3.11 bits per heavy atom. The second-order valence-corrected chi connectivity index (χ2v) is 5.18. The number of nitrogens with one attached hydrogen (secondary N) is 1. The number of imidazole rings is 1. The molecule has 19 heavy (non-hydrogen) atoms. The predicted octanol–water partition coefficient (Wildman–Crippen LogP) is 2.57. The molecule has 0 bridgehead atoms. The van der Waals surface area contributed by atoms with E-state index in [1.807, 2.05) is 17.9 Å². The van der Waals surface area contributed by atoms with Crippen LogP contribution in [0.15, 0.2) is 24.5 Å². The van der Waals surface area contributed by atoms with E-state index in [0.29, 0.717) is 23.7 Å². The van der Waals surface area contributed by atoms with Gasteiger partial charge >= 0.3 is 0 Å². The molecule has 1 N–H and O–H groups in total. The maximum Gasteiger partial charge on any atom is 0.254 e. The molecular formula is C14H14ClN3O. The zero-order chi connectivity index (χ0) is 13.4. The number of carbonyl (C=O) groups excluding carboxylic acids is 1. The predicted molar refractivity (Wildman–Crippen MR) is 73.2 cm³/mol. The van der Waals surface area contributed by atoms with Gasteiger partial charge in [-0.05, 0) is 30.7 Å². The van der Waals surface area contributed by atoms with Crippen molar-refractivity contribution in [1.82, 2.24) is 14.9 Å². The topological polar surface area (TPSA) is 49.0 Å². The number of amides is 1. The smallest absolute Gasteiger partial charge is 0.254 e. The van der Waals surface area contributed by atoms with Gasteiger partial charge in [-0.15, -0.1) is 0 Å². The minimum atomic E-state index is 0.0417. The third kappa shape index (κ3) is 2.24. The zero-order valence-electron chi connectivity index (χ0n) is 10.6. The van der Waals surface area contributed by atoms with E-state index >= 15 is 0 Å². The number of H-pyrrole nitrogens is 1. The number of rotatable bonds is 1. The van der Waals surface area contributed by atoms with Gasteiger partial charge in [-0.3, -0.25) is 4.79 Å². The summed E-state index contributed by atoms with van der Waals surface area (Å²) in [5.74, 6) is 0.0417. The number of carbonyl (C=O) groups is 1. The van der Waals surface area contributed by atoms with Crippen LogP contribution in [0.2, 0.25) is 5.02 Å². The molecule has 0 saturated heterocycles. The lowest BCUT2D eigenvalue weighted by molar-refractivity contribution is 0.0732. The number of aromatic amines is 1. The van der Waals surface area contributed by atoms with Crippen molar-refractivity contribution in [2.45, 2.75) is 19.9 Å². The molecule has 1 aromatic carbocycles. The summed E-state index contributed by atoms with van der Waals surface area (Å²) in [6.07, 6.45) is 2.49. The molecule has 5 heteroatoms. The minimum Gasteiger partial charge on any atom is -0.347 e. The summed E-state index contributed by atoms with van der Waals surface area (Å²) >= 11 is 5.99. The minimum absolute atomic E-state index is 0.0417. The molecule has 2 heterocycles. The number of benzene rings is 1. The summed E-state index contributed by atoms with van der Waals surface area (Å²) in [6, 6.07) is 5.39. The van der Waals surface area contributed by atoms with Crippen LogP contribution in [0.3, 0.4) is 0 Å². The molecule has 0 spiro atoms. The molecule has 98 valence electrons. The van der Waals surface area contributed by atoms with Crippen LogP contribution in [-0.2, 0) is 13.0 Å². The van der Waals surface area contributed by atoms with Crippen LogP contribution < -0.4 is 0 Å². The van der Waals surface area contributed by atoms with Gasteiger partial charge in [-0.25, -0.2) is 4.98 Å². The van der Waals surface area contributed by atoms with Crippen LogP contribution in [0, 0.1) is 6.92 Å². The highest BCUT2D eigenvalue weighted by Crippen LogP contribution is 2.20. The van der Waals surface area contributed by atoms with E-state index < -0.39 is 0 Å². The van der Waals surface area contributed by atoms with Crippen molar-refractivity contribution in [2.75, 3.05) is 6.54 Å². The average molecular weight is 276 g/mol. The first-order valence-corrected chi connectivity index (χ1v) is 6.59. The second-order valence-electron chi connectivity index (χ2n) is 4.77. The normalized spacial score (nSPS) is 14.3. The van der Waals surface area contributed by atoms with Crippen LogP contribution >= 0.6 is 11.6 Å². The van der Waals surface area contributed by atoms with Crippen LogP contribution in [0.5, 0.6) is 0 Å². The molecule has 3 rings (SSSR count). The molecule has 1 aliphatic heterocycles. The highest BCUT2D eigenvalue weighted by atomic mass is 35.5. The van der Waals surface area contributed by atoms with E-state index in [2.05, 4.69) is 9.97 Å². The molecule has 2 aromatic rings. The van der Waals surface area contributed by atoms with Gasteiger partial charge in [-0.1, -0.05) is 11.6 Å². The third-order valence-electron chi connectivity index (χ3n) is 3.47. The van der Waals surface area contributed by atoms with Crippen molar-refractivity contribution >= 4 is 17.5 Å². The Morgan fingerprint density at radius 2 is 2.32 bits per heavy atom. The highest BCUT2D eigenvalue weighted by molar-refractivity contribution is 6.31. The Morgan fingerprint density at radius 1 is 1.47 bits per heavy atom. The lowest BCUT2D eigenvalue weighted by Gasteiger charge is -2.26. The first kappa shape index (κ1) is 12.2. The summed E-state index contributed by atoms with van der Waals surface area (Å²) in [5.41, 5.74) is 3.71. The SMILES string of the molecule is Cc1cc(C(=O)N2CCc3nc[nH]c3C2)ccc1Cl. The summed E-state index contributed by atoms with van der Waals surface area (Å²) in [7, 11) is 0. The Bertz CT molecular complexity index is 635. The largest absolute Gasteiger partial charge is 0.347 e.